The molecule has 0 saturated carbocycles. The molecule has 3 amide bonds. The lowest BCUT2D eigenvalue weighted by Gasteiger charge is -2.29. The molecule has 2 aliphatic rings. The van der Waals surface area contributed by atoms with Crippen molar-refractivity contribution >= 4 is 23.9 Å². The maximum Gasteiger partial charge on any atom is 0.408 e. The van der Waals surface area contributed by atoms with E-state index in [1.807, 2.05) is 30.3 Å². The quantitative estimate of drug-likeness (QED) is 0.270. The highest BCUT2D eigenvalue weighted by Gasteiger charge is 2.34. The fourth-order valence-corrected chi connectivity index (χ4v) is 4.73. The minimum atomic E-state index is -1.35. The van der Waals surface area contributed by atoms with Crippen LogP contribution < -0.4 is 20.7 Å². The fraction of sp³-hybridized carbons (Fsp3) is 0.353. The van der Waals surface area contributed by atoms with E-state index < -0.39 is 53.7 Å². The molecule has 0 aromatic heterocycles. The first-order chi connectivity index (χ1) is 21.8. The van der Waals surface area contributed by atoms with Crippen molar-refractivity contribution in [3.63, 3.8) is 0 Å². The Morgan fingerprint density at radius 1 is 0.957 bits per heavy atom. The van der Waals surface area contributed by atoms with Crippen molar-refractivity contribution in [2.45, 2.75) is 77.0 Å². The molecule has 12 nitrogen and oxygen atoms in total. The summed E-state index contributed by atoms with van der Waals surface area (Å²) in [4.78, 5) is 52.6. The number of phenols is 1. The fourth-order valence-electron chi connectivity index (χ4n) is 4.73. The van der Waals surface area contributed by atoms with Crippen LogP contribution in [0.1, 0.15) is 44.4 Å². The highest BCUT2D eigenvalue weighted by Crippen LogP contribution is 2.32. The van der Waals surface area contributed by atoms with Gasteiger partial charge in [-0.05, 0) is 68.7 Å². The van der Waals surface area contributed by atoms with E-state index in [2.05, 4.69) is 16.0 Å². The maximum absolute atomic E-state index is 13.8. The first-order valence-electron chi connectivity index (χ1n) is 14.8. The summed E-state index contributed by atoms with van der Waals surface area (Å²) in [6.45, 7) is 6.73. The van der Waals surface area contributed by atoms with E-state index in [1.165, 1.54) is 12.1 Å². The number of aliphatic carboxylic acids is 1. The molecule has 3 aromatic carbocycles. The van der Waals surface area contributed by atoms with Crippen LogP contribution in [0.3, 0.4) is 0 Å². The molecule has 1 unspecified atom stereocenters. The number of fused-ring (bicyclic) bond motifs is 10. The maximum atomic E-state index is 13.8. The Morgan fingerprint density at radius 3 is 2.28 bits per heavy atom. The molecule has 5 N–H and O–H groups in total. The first-order valence-corrected chi connectivity index (χ1v) is 14.8. The number of amides is 3. The molecule has 3 aromatic rings. The van der Waals surface area contributed by atoms with Crippen LogP contribution in [0.5, 0.6) is 17.2 Å². The summed E-state index contributed by atoms with van der Waals surface area (Å²) in [5.74, 6) is -2.50. The van der Waals surface area contributed by atoms with Crippen molar-refractivity contribution in [1.82, 2.24) is 16.0 Å². The second-order valence-electron chi connectivity index (χ2n) is 12.0. The molecule has 0 spiro atoms. The normalized spacial score (nSPS) is 19.5. The summed E-state index contributed by atoms with van der Waals surface area (Å²) in [5, 5.41) is 28.2. The Balaban J connectivity index is 1.72. The smallest absolute Gasteiger partial charge is 0.408 e. The summed E-state index contributed by atoms with van der Waals surface area (Å²) in [5.41, 5.74) is 1.08. The van der Waals surface area contributed by atoms with Gasteiger partial charge in [-0.2, -0.15) is 0 Å². The number of carboxylic acids is 1. The Labute approximate surface area is 267 Å². The number of carboxylic acid groups (broad SMARTS) is 1. The number of benzene rings is 3. The number of nitrogens with one attached hydrogen (secondary N) is 3. The molecule has 2 heterocycles. The number of carbonyl (C=O) groups is 4. The topological polar surface area (TPSA) is 173 Å². The summed E-state index contributed by atoms with van der Waals surface area (Å²) in [7, 11) is 0. The summed E-state index contributed by atoms with van der Waals surface area (Å²) < 4.78 is 17.2. The van der Waals surface area contributed by atoms with Crippen molar-refractivity contribution in [2.75, 3.05) is 0 Å². The molecule has 12 heteroatoms. The molecule has 4 bridgehead atoms. The van der Waals surface area contributed by atoms with Gasteiger partial charge in [0.1, 0.15) is 29.5 Å². The minimum Gasteiger partial charge on any atom is -0.504 e. The molecule has 0 saturated heterocycles. The number of ether oxygens (including phenoxy) is 3. The second kappa shape index (κ2) is 14.8. The van der Waals surface area contributed by atoms with Gasteiger partial charge >= 0.3 is 12.1 Å². The Morgan fingerprint density at radius 2 is 1.63 bits per heavy atom. The van der Waals surface area contributed by atoms with Gasteiger partial charge in [0.2, 0.25) is 11.8 Å². The van der Waals surface area contributed by atoms with Crippen LogP contribution in [0, 0.1) is 0 Å². The van der Waals surface area contributed by atoms with Crippen LogP contribution in [0.15, 0.2) is 72.8 Å². The molecule has 244 valence electrons. The molecule has 2 aliphatic heterocycles. The van der Waals surface area contributed by atoms with Gasteiger partial charge in [0.15, 0.2) is 11.5 Å². The highest BCUT2D eigenvalue weighted by atomic mass is 16.6. The largest absolute Gasteiger partial charge is 0.504 e. The molecule has 46 heavy (non-hydrogen) atoms. The molecule has 5 rings (SSSR count). The lowest BCUT2D eigenvalue weighted by molar-refractivity contribution is -0.143. The van der Waals surface area contributed by atoms with Crippen molar-refractivity contribution in [3.8, 4) is 17.2 Å². The molecular formula is C34H39N3O9. The standard InChI is InChI=1S/C34H39N3O9/c1-20(44-19-22-8-6-5-7-9-22)29-31(40)35-26(32(41)42)16-21-10-13-24(14-11-21)45-28-18-23(12-15-27(28)38)17-25(30(39)37-29)36-33(43)46-34(2,3)4/h5-15,18,20,25-26,29,38H,16-17,19H2,1-4H3,(H,35,40)(H,36,43)(H,37,39)(H,41,42)/t20-,25+,26+,29?/m1/s1. The number of aromatic hydroxyl groups is 1. The zero-order valence-corrected chi connectivity index (χ0v) is 26.1. The number of carbonyl (C=O) groups excluding carboxylic acids is 3. The SMILES string of the molecule is C[C@@H](OCc1ccccc1)C1NC(=O)[C@@H](NC(=O)OC(C)(C)C)Cc2ccc(O)c(c2)Oc2ccc(cc2)C[C@@H](C(=O)O)NC1=O. The van der Waals surface area contributed by atoms with E-state index >= 15 is 0 Å². The Hall–Kier alpha value is -5.10. The van der Waals surface area contributed by atoms with E-state index in [0.29, 0.717) is 16.9 Å². The second-order valence-corrected chi connectivity index (χ2v) is 12.0. The summed E-state index contributed by atoms with van der Waals surface area (Å²) >= 11 is 0. The van der Waals surface area contributed by atoms with Gasteiger partial charge in [0, 0.05) is 12.8 Å². The van der Waals surface area contributed by atoms with Crippen molar-refractivity contribution < 1.29 is 43.6 Å². The average molecular weight is 634 g/mol. The van der Waals surface area contributed by atoms with Gasteiger partial charge in [-0.1, -0.05) is 48.5 Å². The number of hydrogen-bond donors (Lipinski definition) is 5. The predicted octanol–water partition coefficient (Wildman–Crippen LogP) is 3.84. The lowest BCUT2D eigenvalue weighted by Crippen LogP contribution is -2.60. The molecule has 0 radical (unpaired) electrons. The third-order valence-corrected chi connectivity index (χ3v) is 7.08. The van der Waals surface area contributed by atoms with E-state index in [-0.39, 0.29) is 30.9 Å². The number of alkyl carbamates (subject to hydrolysis) is 1. The van der Waals surface area contributed by atoms with Crippen LogP contribution in [-0.4, -0.2) is 63.9 Å². The van der Waals surface area contributed by atoms with Gasteiger partial charge in [-0.15, -0.1) is 0 Å². The Kier molecular flexibility index (Phi) is 10.9. The zero-order chi connectivity index (χ0) is 33.4. The number of phenolic OH excluding ortho intramolecular Hbond substituents is 1. The zero-order valence-electron chi connectivity index (χ0n) is 26.1. The predicted molar refractivity (Wildman–Crippen MR) is 167 cm³/mol. The Bertz CT molecular complexity index is 1540. The monoisotopic (exact) mass is 633 g/mol. The molecule has 0 aliphatic carbocycles. The number of rotatable bonds is 6. The van der Waals surface area contributed by atoms with Crippen LogP contribution in [-0.2, 0) is 43.3 Å². The molecule has 4 atom stereocenters. The van der Waals surface area contributed by atoms with Crippen molar-refractivity contribution in [2.24, 2.45) is 0 Å². The summed E-state index contributed by atoms with van der Waals surface area (Å²) in [6, 6.07) is 16.3. The summed E-state index contributed by atoms with van der Waals surface area (Å²) in [6.07, 6.45) is -1.93. The van der Waals surface area contributed by atoms with Gasteiger partial charge in [-0.3, -0.25) is 9.59 Å². The van der Waals surface area contributed by atoms with Gasteiger partial charge in [0.25, 0.3) is 0 Å². The third kappa shape index (κ3) is 9.70. The van der Waals surface area contributed by atoms with Crippen LogP contribution in [0.2, 0.25) is 0 Å². The highest BCUT2D eigenvalue weighted by molar-refractivity contribution is 5.93. The van der Waals surface area contributed by atoms with Crippen LogP contribution in [0.25, 0.3) is 0 Å². The lowest BCUT2D eigenvalue weighted by atomic mass is 10.0. The van der Waals surface area contributed by atoms with Gasteiger partial charge in [-0.25, -0.2) is 9.59 Å². The van der Waals surface area contributed by atoms with E-state index in [9.17, 15) is 29.4 Å². The molecular weight excluding hydrogens is 594 g/mol. The van der Waals surface area contributed by atoms with Gasteiger partial charge < -0.3 is 40.4 Å². The van der Waals surface area contributed by atoms with E-state index in [1.54, 1.807) is 58.0 Å². The van der Waals surface area contributed by atoms with Gasteiger partial charge in [0.05, 0.1) is 12.7 Å². The molecule has 0 fully saturated rings. The van der Waals surface area contributed by atoms with E-state index in [4.69, 9.17) is 14.2 Å². The van der Waals surface area contributed by atoms with Crippen LogP contribution >= 0.6 is 0 Å². The van der Waals surface area contributed by atoms with Crippen molar-refractivity contribution in [1.29, 1.82) is 0 Å². The van der Waals surface area contributed by atoms with Crippen LogP contribution in [0.4, 0.5) is 4.79 Å². The minimum absolute atomic E-state index is 0.0646. The third-order valence-electron chi connectivity index (χ3n) is 7.08. The average Bonchev–Trinajstić information content (AvgIpc) is 2.99. The van der Waals surface area contributed by atoms with E-state index in [0.717, 1.165) is 5.56 Å². The van der Waals surface area contributed by atoms with Crippen molar-refractivity contribution in [3.05, 3.63) is 89.5 Å². The first kappa shape index (κ1) is 33.8. The number of hydrogen-bond acceptors (Lipinski definition) is 8.